The molecule has 0 radical (unpaired) electrons. The Hall–Kier alpha value is -0.484. The van der Waals surface area contributed by atoms with Gasteiger partial charge in [0.2, 0.25) is 0 Å². The van der Waals surface area contributed by atoms with Gasteiger partial charge < -0.3 is 25.3 Å². The van der Waals surface area contributed by atoms with E-state index in [2.05, 4.69) is 39.8 Å². The van der Waals surface area contributed by atoms with Crippen molar-refractivity contribution in [2.24, 2.45) is 0 Å². The van der Waals surface area contributed by atoms with Crippen LogP contribution in [0.4, 0.5) is 4.79 Å². The van der Waals surface area contributed by atoms with E-state index in [1.165, 1.54) is 18.4 Å². The number of hydrogen-bond donors (Lipinski definition) is 2. The molecule has 2 aliphatic heterocycles. The standard InChI is InChI=1S/C20H27N3O4.K/c24-17(25)20(13-27-14-20)22-18(26)21-16-10-19(8-4-5-9-19)23(12-16)11-15-6-2-1-3-7-15;/h1-3,6-7,16H,4-5,8-14H2,(H,24,25)(H2,21,22,26);/q;+1/p-1. The Morgan fingerprint density at radius 1 is 1.18 bits per heavy atom. The van der Waals surface area contributed by atoms with Gasteiger partial charge in [0.1, 0.15) is 5.54 Å². The molecule has 3 fully saturated rings. The van der Waals surface area contributed by atoms with E-state index in [0.717, 1.165) is 32.4 Å². The van der Waals surface area contributed by atoms with Crippen molar-refractivity contribution in [1.29, 1.82) is 0 Å². The summed E-state index contributed by atoms with van der Waals surface area (Å²) in [5.74, 6) is -1.30. The maximum atomic E-state index is 12.4. The molecule has 0 bridgehead atoms. The van der Waals surface area contributed by atoms with E-state index in [1.54, 1.807) is 0 Å². The van der Waals surface area contributed by atoms with Gasteiger partial charge in [0.05, 0.1) is 19.2 Å². The molecule has 7 nitrogen and oxygen atoms in total. The first-order chi connectivity index (χ1) is 13.0. The van der Waals surface area contributed by atoms with Gasteiger partial charge in [0.25, 0.3) is 0 Å². The number of carbonyl (C=O) groups is 2. The normalized spacial score (nSPS) is 24.9. The number of urea groups is 1. The fourth-order valence-corrected chi connectivity index (χ4v) is 4.78. The smallest absolute Gasteiger partial charge is 0.547 e. The van der Waals surface area contributed by atoms with Gasteiger partial charge in [0.15, 0.2) is 0 Å². The number of ether oxygens (including phenoxy) is 1. The molecule has 2 N–H and O–H groups in total. The molecular weight excluding hydrogens is 385 g/mol. The van der Waals surface area contributed by atoms with E-state index in [1.807, 2.05) is 6.07 Å². The third-order valence-electron chi connectivity index (χ3n) is 6.26. The number of rotatable bonds is 5. The SMILES string of the molecule is O=C(NC1CN(Cc2ccccc2)C2(CCCC2)C1)NC1(C(=O)[O-])COC1.[K+]. The number of nitrogens with zero attached hydrogens (tertiary/aromatic N) is 1. The van der Waals surface area contributed by atoms with Crippen LogP contribution in [0.3, 0.4) is 0 Å². The summed E-state index contributed by atoms with van der Waals surface area (Å²) < 4.78 is 4.96. The van der Waals surface area contributed by atoms with Crippen molar-refractivity contribution in [2.75, 3.05) is 19.8 Å². The average Bonchev–Trinajstić information content (AvgIpc) is 3.20. The Morgan fingerprint density at radius 2 is 1.86 bits per heavy atom. The van der Waals surface area contributed by atoms with Crippen molar-refractivity contribution in [3.8, 4) is 0 Å². The van der Waals surface area contributed by atoms with Gasteiger partial charge in [-0.3, -0.25) is 4.90 Å². The van der Waals surface area contributed by atoms with Crippen molar-refractivity contribution in [3.63, 3.8) is 0 Å². The van der Waals surface area contributed by atoms with Crippen LogP contribution >= 0.6 is 0 Å². The molecule has 3 aliphatic rings. The van der Waals surface area contributed by atoms with E-state index in [9.17, 15) is 14.7 Å². The number of carboxylic acid groups (broad SMARTS) is 1. The molecule has 1 unspecified atom stereocenters. The van der Waals surface area contributed by atoms with Crippen LogP contribution in [0.15, 0.2) is 30.3 Å². The minimum atomic E-state index is -1.39. The second-order valence-corrected chi connectivity index (χ2v) is 8.16. The summed E-state index contributed by atoms with van der Waals surface area (Å²) in [6.45, 7) is 1.56. The van der Waals surface area contributed by atoms with Gasteiger partial charge in [0, 0.05) is 24.7 Å². The second kappa shape index (κ2) is 9.12. The monoisotopic (exact) mass is 411 g/mol. The van der Waals surface area contributed by atoms with Crippen LogP contribution in [-0.4, -0.2) is 53.8 Å². The van der Waals surface area contributed by atoms with Crippen molar-refractivity contribution in [3.05, 3.63) is 35.9 Å². The molecule has 1 aromatic rings. The van der Waals surface area contributed by atoms with Crippen molar-refractivity contribution in [1.82, 2.24) is 15.5 Å². The third-order valence-corrected chi connectivity index (χ3v) is 6.26. The molecule has 2 saturated heterocycles. The van der Waals surface area contributed by atoms with Gasteiger partial charge >= 0.3 is 57.4 Å². The molecular formula is C20H26KN3O4. The molecule has 28 heavy (non-hydrogen) atoms. The first-order valence-electron chi connectivity index (χ1n) is 9.68. The van der Waals surface area contributed by atoms with E-state index in [4.69, 9.17) is 4.74 Å². The zero-order valence-electron chi connectivity index (χ0n) is 16.4. The quantitative estimate of drug-likeness (QED) is 0.518. The number of carboxylic acids is 1. The van der Waals surface area contributed by atoms with Crippen molar-refractivity contribution >= 4 is 12.0 Å². The van der Waals surface area contributed by atoms with Crippen molar-refractivity contribution in [2.45, 2.75) is 55.8 Å². The number of benzene rings is 1. The molecule has 0 aromatic heterocycles. The summed E-state index contributed by atoms with van der Waals surface area (Å²) in [6.07, 6.45) is 5.64. The maximum absolute atomic E-state index is 12.4. The van der Waals surface area contributed by atoms with E-state index in [-0.39, 0.29) is 76.2 Å². The van der Waals surface area contributed by atoms with Crippen LogP contribution in [-0.2, 0) is 16.1 Å². The van der Waals surface area contributed by atoms with E-state index < -0.39 is 17.5 Å². The average molecular weight is 412 g/mol. The van der Waals surface area contributed by atoms with Gasteiger partial charge in [-0.05, 0) is 24.8 Å². The minimum absolute atomic E-state index is 0. The Morgan fingerprint density at radius 3 is 2.43 bits per heavy atom. The molecule has 1 aromatic carbocycles. The minimum Gasteiger partial charge on any atom is -0.547 e. The predicted molar refractivity (Wildman–Crippen MR) is 96.7 cm³/mol. The summed E-state index contributed by atoms with van der Waals surface area (Å²) >= 11 is 0. The molecule has 2 heterocycles. The molecule has 2 amide bonds. The largest absolute Gasteiger partial charge is 1.00 e. The summed E-state index contributed by atoms with van der Waals surface area (Å²) in [5.41, 5.74) is 0.0213. The van der Waals surface area contributed by atoms with Crippen LogP contribution in [0.25, 0.3) is 0 Å². The number of carbonyl (C=O) groups excluding carboxylic acids is 2. The van der Waals surface area contributed by atoms with Crippen molar-refractivity contribution < 1.29 is 70.8 Å². The summed E-state index contributed by atoms with van der Waals surface area (Å²) in [5, 5.41) is 16.8. The van der Waals surface area contributed by atoms with Crippen LogP contribution in [0.2, 0.25) is 0 Å². The molecule has 1 atom stereocenters. The van der Waals surface area contributed by atoms with Crippen LogP contribution in [0, 0.1) is 0 Å². The number of aliphatic carboxylic acids is 1. The topological polar surface area (TPSA) is 93.7 Å². The second-order valence-electron chi connectivity index (χ2n) is 8.16. The Bertz CT molecular complexity index is 705. The molecule has 146 valence electrons. The third kappa shape index (κ3) is 4.48. The molecule has 1 aliphatic carbocycles. The Balaban J connectivity index is 0.00000225. The molecule has 4 rings (SSSR count). The number of amides is 2. The first-order valence-corrected chi connectivity index (χ1v) is 9.68. The summed E-state index contributed by atoms with van der Waals surface area (Å²) in [4.78, 5) is 26.2. The molecule has 1 saturated carbocycles. The number of likely N-dealkylation sites (tertiary alicyclic amines) is 1. The predicted octanol–water partition coefficient (Wildman–Crippen LogP) is -2.60. The maximum Gasteiger partial charge on any atom is 1.00 e. The Kier molecular flexibility index (Phi) is 7.23. The summed E-state index contributed by atoms with van der Waals surface area (Å²) in [6, 6.07) is 9.94. The van der Waals surface area contributed by atoms with Gasteiger partial charge in [-0.25, -0.2) is 4.79 Å². The summed E-state index contributed by atoms with van der Waals surface area (Å²) in [7, 11) is 0. The zero-order valence-corrected chi connectivity index (χ0v) is 19.5. The van der Waals surface area contributed by atoms with E-state index >= 15 is 0 Å². The van der Waals surface area contributed by atoms with Crippen LogP contribution < -0.4 is 67.1 Å². The van der Waals surface area contributed by atoms with Gasteiger partial charge in [-0.2, -0.15) is 0 Å². The molecule has 1 spiro atoms. The number of hydrogen-bond acceptors (Lipinski definition) is 5. The first kappa shape index (κ1) is 22.2. The fraction of sp³-hybridized carbons (Fsp3) is 0.600. The zero-order chi connectivity index (χ0) is 18.9. The fourth-order valence-electron chi connectivity index (χ4n) is 4.78. The Labute approximate surface area is 208 Å². The van der Waals surface area contributed by atoms with Gasteiger partial charge in [-0.1, -0.05) is 43.2 Å². The van der Waals surface area contributed by atoms with E-state index in [0.29, 0.717) is 0 Å². The van der Waals surface area contributed by atoms with Gasteiger partial charge in [-0.15, -0.1) is 0 Å². The van der Waals surface area contributed by atoms with Crippen LogP contribution in [0.1, 0.15) is 37.7 Å². The van der Waals surface area contributed by atoms with Crippen LogP contribution in [0.5, 0.6) is 0 Å². The molecule has 8 heteroatoms. The number of nitrogens with one attached hydrogen (secondary N) is 2.